The summed E-state index contributed by atoms with van der Waals surface area (Å²) >= 11 is 11.5. The van der Waals surface area contributed by atoms with E-state index < -0.39 is 5.54 Å². The molecule has 2 aromatic carbocycles. The number of anilines is 1. The van der Waals surface area contributed by atoms with Crippen molar-refractivity contribution in [2.24, 2.45) is 0 Å². The van der Waals surface area contributed by atoms with Crippen molar-refractivity contribution in [3.8, 4) is 0 Å². The normalized spacial score (nSPS) is 17.8. The highest BCUT2D eigenvalue weighted by molar-refractivity contribution is 7.80. The number of pyridine rings is 1. The molecule has 0 aliphatic carbocycles. The summed E-state index contributed by atoms with van der Waals surface area (Å²) in [5, 5.41) is 6.52. The molecule has 2 heterocycles. The molecule has 4 rings (SSSR count). The van der Waals surface area contributed by atoms with E-state index in [0.29, 0.717) is 34.5 Å². The van der Waals surface area contributed by atoms with Crippen molar-refractivity contribution in [3.05, 3.63) is 95.1 Å². The molecule has 6 nitrogen and oxygen atoms in total. The molecule has 1 aliphatic rings. The number of nitrogens with zero attached hydrogens (tertiary/aromatic N) is 2. The number of amides is 2. The highest BCUT2D eigenvalue weighted by Crippen LogP contribution is 2.37. The summed E-state index contributed by atoms with van der Waals surface area (Å²) in [6, 6.07) is 22.0. The zero-order valence-electron chi connectivity index (χ0n) is 17.1. The van der Waals surface area contributed by atoms with E-state index in [1.807, 2.05) is 59.5 Å². The maximum absolute atomic E-state index is 13.3. The van der Waals surface area contributed by atoms with Gasteiger partial charge in [0.05, 0.1) is 6.42 Å². The Labute approximate surface area is 196 Å². The lowest BCUT2D eigenvalue weighted by Gasteiger charge is -2.36. The largest absolute Gasteiger partial charge is 0.330 e. The predicted molar refractivity (Wildman–Crippen MR) is 128 cm³/mol. The zero-order valence-corrected chi connectivity index (χ0v) is 18.7. The third-order valence-corrected chi connectivity index (χ3v) is 6.01. The minimum absolute atomic E-state index is 0.111. The van der Waals surface area contributed by atoms with Crippen LogP contribution >= 0.6 is 23.8 Å². The van der Waals surface area contributed by atoms with Gasteiger partial charge in [-0.05, 0) is 54.0 Å². The molecule has 2 amide bonds. The van der Waals surface area contributed by atoms with E-state index in [-0.39, 0.29) is 18.2 Å². The van der Waals surface area contributed by atoms with Crippen LogP contribution in [0, 0.1) is 0 Å². The first-order valence-corrected chi connectivity index (χ1v) is 10.9. The molecule has 2 N–H and O–H groups in total. The number of carbonyl (C=O) groups excluding carboxylic acids is 2. The number of carbonyl (C=O) groups is 2. The molecule has 1 atom stereocenters. The van der Waals surface area contributed by atoms with Gasteiger partial charge in [0.1, 0.15) is 5.82 Å². The molecule has 0 saturated carbocycles. The third-order valence-electron chi connectivity index (χ3n) is 5.44. The van der Waals surface area contributed by atoms with Gasteiger partial charge in [0, 0.05) is 17.8 Å². The lowest BCUT2D eigenvalue weighted by atomic mass is 9.84. The Kier molecular flexibility index (Phi) is 6.48. The Balaban J connectivity index is 1.65. The van der Waals surface area contributed by atoms with Crippen molar-refractivity contribution >= 4 is 46.6 Å². The van der Waals surface area contributed by atoms with Crippen molar-refractivity contribution < 1.29 is 9.59 Å². The van der Waals surface area contributed by atoms with Crippen LogP contribution in [0.1, 0.15) is 17.5 Å². The van der Waals surface area contributed by atoms with E-state index >= 15 is 0 Å². The van der Waals surface area contributed by atoms with Crippen molar-refractivity contribution in [1.82, 2.24) is 15.2 Å². The first-order chi connectivity index (χ1) is 15.5. The van der Waals surface area contributed by atoms with Gasteiger partial charge in [-0.15, -0.1) is 0 Å². The summed E-state index contributed by atoms with van der Waals surface area (Å²) in [6.45, 7) is 0.449. The van der Waals surface area contributed by atoms with Gasteiger partial charge in [0.25, 0.3) is 5.91 Å². The molecular formula is C24H21ClN4O2S. The fourth-order valence-corrected chi connectivity index (χ4v) is 4.35. The average Bonchev–Trinajstić information content (AvgIpc) is 3.04. The molecule has 162 valence electrons. The molecule has 1 aromatic heterocycles. The standard InChI is InChI=1S/C24H21ClN4O2S/c25-19-11-9-17(10-12-19)13-15-29-23(32)28-22(31)24(29,18-6-2-1-3-7-18)16-21(30)27-20-8-4-5-14-26-20/h1-12,14H,13,15-16H2,(H,26,27,30)(H,28,31,32). The number of benzene rings is 2. The highest BCUT2D eigenvalue weighted by Gasteiger charge is 2.53. The van der Waals surface area contributed by atoms with Crippen molar-refractivity contribution in [3.63, 3.8) is 0 Å². The molecule has 8 heteroatoms. The highest BCUT2D eigenvalue weighted by atomic mass is 35.5. The second-order valence-electron chi connectivity index (χ2n) is 7.45. The van der Waals surface area contributed by atoms with E-state index in [2.05, 4.69) is 15.6 Å². The number of aromatic nitrogens is 1. The van der Waals surface area contributed by atoms with E-state index in [0.717, 1.165) is 5.56 Å². The fourth-order valence-electron chi connectivity index (χ4n) is 3.88. The van der Waals surface area contributed by atoms with E-state index in [4.69, 9.17) is 23.8 Å². The molecule has 1 unspecified atom stereocenters. The Morgan fingerprint density at radius 3 is 2.47 bits per heavy atom. The van der Waals surface area contributed by atoms with Crippen LogP contribution < -0.4 is 10.6 Å². The summed E-state index contributed by atoms with van der Waals surface area (Å²) in [5.74, 6) is -0.223. The van der Waals surface area contributed by atoms with E-state index in [9.17, 15) is 9.59 Å². The summed E-state index contributed by atoms with van der Waals surface area (Å²) < 4.78 is 0. The van der Waals surface area contributed by atoms with Gasteiger partial charge >= 0.3 is 0 Å². The summed E-state index contributed by atoms with van der Waals surface area (Å²) in [6.07, 6.45) is 2.11. The van der Waals surface area contributed by atoms with Gasteiger partial charge in [-0.3, -0.25) is 9.59 Å². The quantitative estimate of drug-likeness (QED) is 0.518. The number of halogens is 1. The van der Waals surface area contributed by atoms with Crippen LogP contribution in [-0.2, 0) is 21.5 Å². The SMILES string of the molecule is O=C(CC1(c2ccccc2)C(=O)NC(=S)N1CCc1ccc(Cl)cc1)Nc1ccccn1. The zero-order chi connectivity index (χ0) is 22.6. The minimum atomic E-state index is -1.26. The van der Waals surface area contributed by atoms with Crippen molar-refractivity contribution in [1.29, 1.82) is 0 Å². The van der Waals surface area contributed by atoms with Crippen molar-refractivity contribution in [2.45, 2.75) is 18.4 Å². The van der Waals surface area contributed by atoms with Gasteiger partial charge in [-0.25, -0.2) is 4.98 Å². The van der Waals surface area contributed by atoms with Crippen LogP contribution in [0.3, 0.4) is 0 Å². The van der Waals surface area contributed by atoms with Crippen LogP contribution in [0.15, 0.2) is 79.0 Å². The molecule has 0 radical (unpaired) electrons. The number of rotatable bonds is 7. The second kappa shape index (κ2) is 9.46. The fraction of sp³-hybridized carbons (Fsp3) is 0.167. The van der Waals surface area contributed by atoms with Crippen LogP contribution in [0.4, 0.5) is 5.82 Å². The summed E-state index contributed by atoms with van der Waals surface area (Å²) in [4.78, 5) is 32.3. The Morgan fingerprint density at radius 1 is 1.06 bits per heavy atom. The Bertz CT molecular complexity index is 1130. The van der Waals surface area contributed by atoms with Crippen LogP contribution in [0.25, 0.3) is 0 Å². The van der Waals surface area contributed by atoms with Crippen LogP contribution in [-0.4, -0.2) is 33.4 Å². The van der Waals surface area contributed by atoms with Gasteiger partial charge in [-0.1, -0.05) is 60.1 Å². The molecule has 0 bridgehead atoms. The monoisotopic (exact) mass is 464 g/mol. The minimum Gasteiger partial charge on any atom is -0.330 e. The number of hydrogen-bond donors (Lipinski definition) is 2. The average molecular weight is 465 g/mol. The van der Waals surface area contributed by atoms with Gasteiger partial charge in [0.2, 0.25) is 5.91 Å². The first kappa shape index (κ1) is 21.9. The van der Waals surface area contributed by atoms with Gasteiger partial charge < -0.3 is 15.5 Å². The van der Waals surface area contributed by atoms with Gasteiger partial charge in [0.15, 0.2) is 10.7 Å². The summed E-state index contributed by atoms with van der Waals surface area (Å²) in [7, 11) is 0. The molecule has 1 fully saturated rings. The lowest BCUT2D eigenvalue weighted by molar-refractivity contribution is -0.131. The first-order valence-electron chi connectivity index (χ1n) is 10.1. The predicted octanol–water partition coefficient (Wildman–Crippen LogP) is 3.92. The summed E-state index contributed by atoms with van der Waals surface area (Å²) in [5.41, 5.74) is 0.491. The topological polar surface area (TPSA) is 74.3 Å². The number of hydrogen-bond acceptors (Lipinski definition) is 4. The maximum Gasteiger partial charge on any atom is 0.257 e. The van der Waals surface area contributed by atoms with Gasteiger partial charge in [-0.2, -0.15) is 0 Å². The maximum atomic E-state index is 13.3. The molecule has 32 heavy (non-hydrogen) atoms. The third kappa shape index (κ3) is 4.49. The smallest absolute Gasteiger partial charge is 0.257 e. The number of nitrogens with one attached hydrogen (secondary N) is 2. The van der Waals surface area contributed by atoms with Crippen LogP contribution in [0.5, 0.6) is 0 Å². The van der Waals surface area contributed by atoms with Crippen molar-refractivity contribution in [2.75, 3.05) is 11.9 Å². The van der Waals surface area contributed by atoms with E-state index in [1.54, 1.807) is 24.4 Å². The Hall–Kier alpha value is -3.29. The van der Waals surface area contributed by atoms with Crippen LogP contribution in [0.2, 0.25) is 5.02 Å². The Morgan fingerprint density at radius 2 is 1.78 bits per heavy atom. The van der Waals surface area contributed by atoms with E-state index in [1.165, 1.54) is 0 Å². The second-order valence-corrected chi connectivity index (χ2v) is 8.28. The number of thiocarbonyl (C=S) groups is 1. The lowest BCUT2D eigenvalue weighted by Crippen LogP contribution is -2.50. The molecule has 0 spiro atoms. The molecule has 1 saturated heterocycles. The molecular weight excluding hydrogens is 444 g/mol. The molecule has 1 aliphatic heterocycles. The molecule has 3 aromatic rings.